The van der Waals surface area contributed by atoms with Crippen LogP contribution in [-0.2, 0) is 11.2 Å². The lowest BCUT2D eigenvalue weighted by molar-refractivity contribution is -0.115. The average Bonchev–Trinajstić information content (AvgIpc) is 2.65. The summed E-state index contributed by atoms with van der Waals surface area (Å²) in [6.07, 6.45) is 0.785. The first-order chi connectivity index (χ1) is 12.2. The van der Waals surface area contributed by atoms with Crippen LogP contribution in [0.5, 0.6) is 17.2 Å². The number of amides is 1. The number of hydrogen-bond donors (Lipinski definition) is 2. The van der Waals surface area contributed by atoms with E-state index in [0.29, 0.717) is 29.5 Å². The molecule has 0 unspecified atom stereocenters. The van der Waals surface area contributed by atoms with Crippen LogP contribution in [0.25, 0.3) is 0 Å². The quantitative estimate of drug-likeness (QED) is 0.684. The van der Waals surface area contributed by atoms with Gasteiger partial charge in [-0.25, -0.2) is 0 Å². The highest BCUT2D eigenvalue weighted by Gasteiger charge is 2.06. The molecule has 2 aromatic carbocycles. The Labute approximate surface area is 148 Å². The van der Waals surface area contributed by atoms with Gasteiger partial charge in [-0.15, -0.1) is 0 Å². The average molecular weight is 344 g/mol. The molecule has 0 atom stereocenters. The van der Waals surface area contributed by atoms with Crippen molar-refractivity contribution < 1.29 is 19.0 Å². The smallest absolute Gasteiger partial charge is 0.238 e. The van der Waals surface area contributed by atoms with Crippen molar-refractivity contribution in [2.45, 2.75) is 6.42 Å². The van der Waals surface area contributed by atoms with Crippen LogP contribution in [0.3, 0.4) is 0 Å². The van der Waals surface area contributed by atoms with Crippen LogP contribution in [0.4, 0.5) is 5.69 Å². The van der Waals surface area contributed by atoms with E-state index < -0.39 is 0 Å². The predicted molar refractivity (Wildman–Crippen MR) is 97.7 cm³/mol. The third-order valence-corrected chi connectivity index (χ3v) is 3.68. The fraction of sp³-hybridized carbons (Fsp3) is 0.316. The number of carbonyl (C=O) groups excluding carboxylic acids is 1. The molecule has 0 spiro atoms. The maximum Gasteiger partial charge on any atom is 0.238 e. The van der Waals surface area contributed by atoms with Crippen LogP contribution >= 0.6 is 0 Å². The Morgan fingerprint density at radius 1 is 0.960 bits per heavy atom. The molecular weight excluding hydrogens is 320 g/mol. The van der Waals surface area contributed by atoms with Gasteiger partial charge in [-0.1, -0.05) is 12.1 Å². The van der Waals surface area contributed by atoms with Crippen LogP contribution in [0.15, 0.2) is 42.5 Å². The lowest BCUT2D eigenvalue weighted by Gasteiger charge is -2.10. The standard InChI is InChI=1S/C19H24N2O4/c1-23-16-6-4-5-15(12-16)21-19(22)13-20-10-9-14-7-8-17(24-2)18(11-14)25-3/h4-8,11-12,20H,9-10,13H2,1-3H3,(H,21,22). The molecule has 0 aliphatic carbocycles. The number of carbonyl (C=O) groups is 1. The van der Waals surface area contributed by atoms with Crippen molar-refractivity contribution in [2.24, 2.45) is 0 Å². The molecular formula is C19H24N2O4. The van der Waals surface area contributed by atoms with Crippen LogP contribution in [-0.4, -0.2) is 40.3 Å². The van der Waals surface area contributed by atoms with Crippen molar-refractivity contribution in [3.63, 3.8) is 0 Å². The van der Waals surface area contributed by atoms with Gasteiger partial charge in [-0.3, -0.25) is 4.79 Å². The Balaban J connectivity index is 1.76. The summed E-state index contributed by atoms with van der Waals surface area (Å²) in [4.78, 5) is 12.0. The zero-order valence-electron chi connectivity index (χ0n) is 14.8. The number of anilines is 1. The fourth-order valence-electron chi connectivity index (χ4n) is 2.38. The van der Waals surface area contributed by atoms with Crippen molar-refractivity contribution in [3.8, 4) is 17.2 Å². The molecule has 6 nitrogen and oxygen atoms in total. The second-order valence-corrected chi connectivity index (χ2v) is 5.40. The monoisotopic (exact) mass is 344 g/mol. The van der Waals surface area contributed by atoms with Crippen molar-refractivity contribution in [3.05, 3.63) is 48.0 Å². The number of methoxy groups -OCH3 is 3. The van der Waals surface area contributed by atoms with Crippen molar-refractivity contribution in [2.75, 3.05) is 39.7 Å². The zero-order chi connectivity index (χ0) is 18.1. The van der Waals surface area contributed by atoms with Gasteiger partial charge in [0, 0.05) is 11.8 Å². The molecule has 0 radical (unpaired) electrons. The van der Waals surface area contributed by atoms with E-state index in [4.69, 9.17) is 14.2 Å². The summed E-state index contributed by atoms with van der Waals surface area (Å²) < 4.78 is 15.6. The topological polar surface area (TPSA) is 68.8 Å². The molecule has 1 amide bonds. The van der Waals surface area contributed by atoms with Crippen molar-refractivity contribution in [1.29, 1.82) is 0 Å². The molecule has 134 valence electrons. The highest BCUT2D eigenvalue weighted by atomic mass is 16.5. The summed E-state index contributed by atoms with van der Waals surface area (Å²) >= 11 is 0. The third kappa shape index (κ3) is 5.69. The molecule has 0 saturated heterocycles. The fourth-order valence-corrected chi connectivity index (χ4v) is 2.38. The summed E-state index contributed by atoms with van der Waals surface area (Å²) in [7, 11) is 4.82. The molecule has 0 fully saturated rings. The summed E-state index contributed by atoms with van der Waals surface area (Å²) in [6.45, 7) is 0.922. The Hall–Kier alpha value is -2.73. The minimum Gasteiger partial charge on any atom is -0.497 e. The molecule has 0 aliphatic rings. The van der Waals surface area contributed by atoms with Gasteiger partial charge in [0.2, 0.25) is 5.91 Å². The van der Waals surface area contributed by atoms with Crippen LogP contribution in [0, 0.1) is 0 Å². The first-order valence-corrected chi connectivity index (χ1v) is 8.01. The van der Waals surface area contributed by atoms with Gasteiger partial charge in [0.1, 0.15) is 5.75 Å². The lowest BCUT2D eigenvalue weighted by Crippen LogP contribution is -2.29. The molecule has 2 N–H and O–H groups in total. The molecule has 6 heteroatoms. The van der Waals surface area contributed by atoms with Crippen LogP contribution < -0.4 is 24.8 Å². The van der Waals surface area contributed by atoms with Gasteiger partial charge < -0.3 is 24.8 Å². The largest absolute Gasteiger partial charge is 0.497 e. The summed E-state index contributed by atoms with van der Waals surface area (Å²) in [6, 6.07) is 13.1. The van der Waals surface area contributed by atoms with Crippen LogP contribution in [0.1, 0.15) is 5.56 Å². The molecule has 0 aliphatic heterocycles. The SMILES string of the molecule is COc1cccc(NC(=O)CNCCc2ccc(OC)c(OC)c2)c1. The summed E-state index contributed by atoms with van der Waals surface area (Å²) in [5.41, 5.74) is 1.82. The number of ether oxygens (including phenoxy) is 3. The van der Waals surface area contributed by atoms with Gasteiger partial charge >= 0.3 is 0 Å². The number of nitrogens with one attached hydrogen (secondary N) is 2. The molecule has 0 heterocycles. The van der Waals surface area contributed by atoms with Gasteiger partial charge in [0.25, 0.3) is 0 Å². The minimum absolute atomic E-state index is 0.0967. The Kier molecular flexibility index (Phi) is 7.10. The maximum atomic E-state index is 12.0. The highest BCUT2D eigenvalue weighted by molar-refractivity contribution is 5.92. The van der Waals surface area contributed by atoms with Gasteiger partial charge in [-0.2, -0.15) is 0 Å². The molecule has 0 bridgehead atoms. The Morgan fingerprint density at radius 3 is 2.48 bits per heavy atom. The Morgan fingerprint density at radius 2 is 1.76 bits per heavy atom. The van der Waals surface area contributed by atoms with E-state index in [9.17, 15) is 4.79 Å². The van der Waals surface area contributed by atoms with E-state index in [1.165, 1.54) is 0 Å². The van der Waals surface area contributed by atoms with Crippen molar-refractivity contribution in [1.82, 2.24) is 5.32 Å². The normalized spacial score (nSPS) is 10.2. The number of benzene rings is 2. The van der Waals surface area contributed by atoms with E-state index in [2.05, 4.69) is 10.6 Å². The van der Waals surface area contributed by atoms with E-state index >= 15 is 0 Å². The predicted octanol–water partition coefficient (Wildman–Crippen LogP) is 2.48. The van der Waals surface area contributed by atoms with Crippen LogP contribution in [0.2, 0.25) is 0 Å². The van der Waals surface area contributed by atoms with E-state index in [1.54, 1.807) is 27.4 Å². The Bertz CT molecular complexity index is 704. The van der Waals surface area contributed by atoms with Gasteiger partial charge in [0.15, 0.2) is 11.5 Å². The van der Waals surface area contributed by atoms with E-state index in [-0.39, 0.29) is 12.5 Å². The molecule has 0 saturated carbocycles. The second-order valence-electron chi connectivity index (χ2n) is 5.40. The van der Waals surface area contributed by atoms with E-state index in [0.717, 1.165) is 12.0 Å². The second kappa shape index (κ2) is 9.54. The first kappa shape index (κ1) is 18.6. The lowest BCUT2D eigenvalue weighted by atomic mass is 10.1. The third-order valence-electron chi connectivity index (χ3n) is 3.68. The van der Waals surface area contributed by atoms with Crippen molar-refractivity contribution >= 4 is 11.6 Å². The van der Waals surface area contributed by atoms with Gasteiger partial charge in [-0.05, 0) is 42.8 Å². The summed E-state index contributed by atoms with van der Waals surface area (Å²) in [5.74, 6) is 2.02. The zero-order valence-corrected chi connectivity index (χ0v) is 14.8. The molecule has 2 rings (SSSR count). The highest BCUT2D eigenvalue weighted by Crippen LogP contribution is 2.27. The molecule has 0 aromatic heterocycles. The first-order valence-electron chi connectivity index (χ1n) is 8.01. The number of rotatable bonds is 9. The minimum atomic E-state index is -0.0967. The van der Waals surface area contributed by atoms with Gasteiger partial charge in [0.05, 0.1) is 27.9 Å². The van der Waals surface area contributed by atoms with E-state index in [1.807, 2.05) is 36.4 Å². The maximum absolute atomic E-state index is 12.0. The number of hydrogen-bond acceptors (Lipinski definition) is 5. The molecule has 2 aromatic rings. The summed E-state index contributed by atoms with van der Waals surface area (Å²) in [5, 5.41) is 5.96. The molecule has 25 heavy (non-hydrogen) atoms.